The number of hydrogen-bond acceptors (Lipinski definition) is 0. The molecule has 1 fully saturated rings. The fourth-order valence-electron chi connectivity index (χ4n) is 3.83. The van der Waals surface area contributed by atoms with E-state index in [0.29, 0.717) is 0 Å². The maximum Gasteiger partial charge on any atom is 0.0462 e. The molecule has 1 nitrogen and oxygen atoms in total. The van der Waals surface area contributed by atoms with Gasteiger partial charge in [-0.3, -0.25) is 0 Å². The Kier molecular flexibility index (Phi) is 2.35. The van der Waals surface area contributed by atoms with E-state index in [2.05, 4.69) is 53.2 Å². The largest absolute Gasteiger partial charge is 0.355 e. The lowest BCUT2D eigenvalue weighted by molar-refractivity contribution is 1.24. The van der Waals surface area contributed by atoms with Crippen molar-refractivity contribution in [3.63, 3.8) is 0 Å². The predicted molar refractivity (Wildman–Crippen MR) is 93.1 cm³/mol. The normalized spacial score (nSPS) is 25.5. The second kappa shape index (κ2) is 4.06. The van der Waals surface area contributed by atoms with Crippen molar-refractivity contribution in [2.75, 3.05) is 6.16 Å². The number of benzene rings is 2. The van der Waals surface area contributed by atoms with E-state index >= 15 is 0 Å². The second-order valence-corrected chi connectivity index (χ2v) is 10.4. The first kappa shape index (κ1) is 12.1. The second-order valence-electron chi connectivity index (χ2n) is 6.22. The average Bonchev–Trinajstić information content (AvgIpc) is 2.91. The highest BCUT2D eigenvalue weighted by atomic mass is 35.5. The van der Waals surface area contributed by atoms with Crippen molar-refractivity contribution >= 4 is 35.2 Å². The van der Waals surface area contributed by atoms with Crippen molar-refractivity contribution in [1.29, 1.82) is 0 Å². The van der Waals surface area contributed by atoms with Crippen LogP contribution in [0.5, 0.6) is 0 Å². The van der Waals surface area contributed by atoms with Crippen LogP contribution in [0.4, 0.5) is 0 Å². The van der Waals surface area contributed by atoms with Gasteiger partial charge in [-0.25, -0.2) is 0 Å². The summed E-state index contributed by atoms with van der Waals surface area (Å²) >= 11 is 6.19. The lowest BCUT2D eigenvalue weighted by Crippen LogP contribution is -1.84. The zero-order chi connectivity index (χ0) is 14.0. The molecule has 0 radical (unpaired) electrons. The molecule has 0 spiro atoms. The van der Waals surface area contributed by atoms with Gasteiger partial charge in [0.25, 0.3) is 0 Å². The van der Waals surface area contributed by atoms with Crippen LogP contribution in [-0.2, 0) is 6.16 Å². The summed E-state index contributed by atoms with van der Waals surface area (Å²) < 4.78 is 0. The third-order valence-corrected chi connectivity index (χ3v) is 9.09. The zero-order valence-corrected chi connectivity index (χ0v) is 13.2. The first-order valence-electron chi connectivity index (χ1n) is 7.33. The number of hydrogen-bond donors (Lipinski definition) is 1. The molecular formula is C18H15ClNP. The van der Waals surface area contributed by atoms with Gasteiger partial charge in [-0.05, 0) is 47.4 Å². The van der Waals surface area contributed by atoms with E-state index in [0.717, 1.165) is 10.7 Å². The number of rotatable bonds is 2. The smallest absolute Gasteiger partial charge is 0.0462 e. The molecule has 2 aromatic carbocycles. The molecule has 2 aliphatic heterocycles. The Morgan fingerprint density at radius 3 is 2.86 bits per heavy atom. The molecule has 2 atom stereocenters. The molecule has 1 aromatic heterocycles. The Morgan fingerprint density at radius 2 is 2.00 bits per heavy atom. The molecule has 1 N–H and O–H groups in total. The molecule has 3 aromatic rings. The number of aromatic nitrogens is 1. The van der Waals surface area contributed by atoms with E-state index in [9.17, 15) is 0 Å². The zero-order valence-electron chi connectivity index (χ0n) is 11.5. The SMILES string of the molecule is Clc1ccc2[nH]c3c(c2c1)C1CP1(Cc1ccccc1)=C3. The van der Waals surface area contributed by atoms with E-state index in [1.165, 1.54) is 40.0 Å². The lowest BCUT2D eigenvalue weighted by Gasteiger charge is -2.04. The van der Waals surface area contributed by atoms with Crippen molar-refractivity contribution in [2.45, 2.75) is 11.8 Å². The van der Waals surface area contributed by atoms with E-state index in [1.807, 2.05) is 6.07 Å². The van der Waals surface area contributed by atoms with Gasteiger partial charge in [0.05, 0.1) is 0 Å². The van der Waals surface area contributed by atoms with Crippen LogP contribution in [0.3, 0.4) is 0 Å². The maximum absolute atomic E-state index is 6.19. The Hall–Kier alpha value is -1.43. The molecule has 0 saturated carbocycles. The summed E-state index contributed by atoms with van der Waals surface area (Å²) in [4.78, 5) is 3.59. The van der Waals surface area contributed by atoms with Gasteiger partial charge in [0.1, 0.15) is 0 Å². The van der Waals surface area contributed by atoms with Gasteiger partial charge in [-0.15, -0.1) is 0 Å². The van der Waals surface area contributed by atoms with Crippen molar-refractivity contribution < 1.29 is 0 Å². The van der Waals surface area contributed by atoms with Gasteiger partial charge < -0.3 is 4.98 Å². The van der Waals surface area contributed by atoms with Crippen LogP contribution in [0.1, 0.15) is 22.5 Å². The van der Waals surface area contributed by atoms with Crippen LogP contribution in [0.25, 0.3) is 10.9 Å². The summed E-state index contributed by atoms with van der Waals surface area (Å²) in [6.45, 7) is -0.928. The molecule has 1 saturated heterocycles. The van der Waals surface area contributed by atoms with Gasteiger partial charge >= 0.3 is 0 Å². The fraction of sp³-hybridized carbons (Fsp3) is 0.167. The summed E-state index contributed by atoms with van der Waals surface area (Å²) in [5, 5.41) is 2.18. The van der Waals surface area contributed by atoms with Gasteiger partial charge in [-0.1, -0.05) is 48.8 Å². The first-order valence-corrected chi connectivity index (χ1v) is 10.0. The van der Waals surface area contributed by atoms with E-state index in [1.54, 1.807) is 0 Å². The van der Waals surface area contributed by atoms with Crippen LogP contribution in [0, 0.1) is 0 Å². The fourth-order valence-corrected chi connectivity index (χ4v) is 8.49. The topological polar surface area (TPSA) is 15.8 Å². The Morgan fingerprint density at radius 1 is 1.14 bits per heavy atom. The van der Waals surface area contributed by atoms with Crippen molar-refractivity contribution in [1.82, 2.24) is 4.98 Å². The molecule has 5 rings (SSSR count). The number of nitrogens with one attached hydrogen (secondary N) is 1. The highest BCUT2D eigenvalue weighted by molar-refractivity contribution is 7.82. The predicted octanol–water partition coefficient (Wildman–Crippen LogP) is 5.26. The quantitative estimate of drug-likeness (QED) is 0.621. The Balaban J connectivity index is 1.60. The first-order chi connectivity index (χ1) is 10.3. The van der Waals surface area contributed by atoms with Gasteiger partial charge in [0, 0.05) is 27.3 Å². The third-order valence-electron chi connectivity index (χ3n) is 4.87. The molecule has 3 heterocycles. The number of halogens is 1. The lowest BCUT2D eigenvalue weighted by atomic mass is 10.1. The molecule has 104 valence electrons. The van der Waals surface area contributed by atoms with Crippen LogP contribution < -0.4 is 0 Å². The number of H-pyrrole nitrogens is 1. The highest BCUT2D eigenvalue weighted by Crippen LogP contribution is 2.82. The standard InChI is InChI=1S/C18H15ClNP/c19-13-6-7-15-14(8-13)18-16(20-15)10-21(11-17(18)21)9-12-4-2-1-3-5-12/h1-8,10,17,20H,9,11H2. The monoisotopic (exact) mass is 311 g/mol. The molecule has 21 heavy (non-hydrogen) atoms. The van der Waals surface area contributed by atoms with E-state index in [-0.39, 0.29) is 0 Å². The maximum atomic E-state index is 6.19. The van der Waals surface area contributed by atoms with Gasteiger partial charge in [-0.2, -0.15) is 0 Å². The molecule has 3 heteroatoms. The highest BCUT2D eigenvalue weighted by Gasteiger charge is 2.51. The van der Waals surface area contributed by atoms with E-state index in [4.69, 9.17) is 11.6 Å². The summed E-state index contributed by atoms with van der Waals surface area (Å²) in [6.07, 6.45) is 2.64. The molecule has 0 amide bonds. The summed E-state index contributed by atoms with van der Waals surface area (Å²) in [5.74, 6) is 2.58. The van der Waals surface area contributed by atoms with Crippen LogP contribution in [0.2, 0.25) is 5.02 Å². The minimum absolute atomic E-state index is 0.778. The molecular weight excluding hydrogens is 297 g/mol. The summed E-state index contributed by atoms with van der Waals surface area (Å²) in [5.41, 5.74) is 6.40. The summed E-state index contributed by atoms with van der Waals surface area (Å²) in [6, 6.07) is 17.1. The number of fused-ring (bicyclic) bond motifs is 5. The van der Waals surface area contributed by atoms with Gasteiger partial charge in [0.2, 0.25) is 0 Å². The van der Waals surface area contributed by atoms with Gasteiger partial charge in [0.15, 0.2) is 0 Å². The Bertz CT molecular complexity index is 923. The average molecular weight is 312 g/mol. The van der Waals surface area contributed by atoms with Crippen LogP contribution in [-0.4, -0.2) is 16.9 Å². The van der Waals surface area contributed by atoms with Crippen LogP contribution >= 0.6 is 18.5 Å². The number of aromatic amines is 1. The van der Waals surface area contributed by atoms with Crippen LogP contribution in [0.15, 0.2) is 48.5 Å². The minimum Gasteiger partial charge on any atom is -0.355 e. The van der Waals surface area contributed by atoms with E-state index < -0.39 is 6.89 Å². The minimum atomic E-state index is -0.928. The summed E-state index contributed by atoms with van der Waals surface area (Å²) in [7, 11) is 0. The van der Waals surface area contributed by atoms with Crippen molar-refractivity contribution in [2.24, 2.45) is 0 Å². The van der Waals surface area contributed by atoms with Crippen molar-refractivity contribution in [3.05, 3.63) is 70.4 Å². The van der Waals surface area contributed by atoms with Crippen molar-refractivity contribution in [3.8, 4) is 0 Å². The molecule has 0 aliphatic carbocycles. The molecule has 2 unspecified atom stereocenters. The Labute approximate surface area is 128 Å². The third kappa shape index (κ3) is 1.71. The molecule has 2 aliphatic rings. The molecule has 0 bridgehead atoms.